The van der Waals surface area contributed by atoms with E-state index in [0.29, 0.717) is 19.7 Å². The van der Waals surface area contributed by atoms with Crippen LogP contribution >= 0.6 is 0 Å². The Morgan fingerprint density at radius 1 is 1.11 bits per heavy atom. The molecule has 0 aromatic heterocycles. The minimum atomic E-state index is -2.12. The van der Waals surface area contributed by atoms with Crippen LogP contribution in [0.1, 0.15) is 33.1 Å². The van der Waals surface area contributed by atoms with Crippen molar-refractivity contribution in [2.24, 2.45) is 17.2 Å². The molecule has 0 aliphatic rings. The first-order chi connectivity index (χ1) is 8.47. The average Bonchev–Trinajstić information content (AvgIpc) is 2.27. The molecule has 0 amide bonds. The van der Waals surface area contributed by atoms with Gasteiger partial charge >= 0.3 is 8.56 Å². The van der Waals surface area contributed by atoms with Gasteiger partial charge in [0, 0.05) is 18.8 Å². The van der Waals surface area contributed by atoms with Crippen LogP contribution in [-0.4, -0.2) is 40.4 Å². The van der Waals surface area contributed by atoms with E-state index in [-0.39, 0.29) is 12.1 Å². The Hall–Kier alpha value is 0.0169. The largest absolute Gasteiger partial charge is 0.395 e. The van der Waals surface area contributed by atoms with Crippen molar-refractivity contribution in [3.63, 3.8) is 0 Å². The lowest BCUT2D eigenvalue weighted by Gasteiger charge is -2.30. The summed E-state index contributed by atoms with van der Waals surface area (Å²) >= 11 is 0. The zero-order valence-electron chi connectivity index (χ0n) is 12.2. The number of hydrogen-bond acceptors (Lipinski definition) is 5. The lowest BCUT2D eigenvalue weighted by Crippen LogP contribution is -2.43. The highest BCUT2D eigenvalue weighted by Crippen LogP contribution is 2.20. The lowest BCUT2D eigenvalue weighted by molar-refractivity contribution is 0.125. The van der Waals surface area contributed by atoms with Crippen LogP contribution in [0.3, 0.4) is 0 Å². The number of rotatable bonds is 11. The van der Waals surface area contributed by atoms with Crippen molar-refractivity contribution in [1.82, 2.24) is 0 Å². The zero-order chi connectivity index (χ0) is 14.0. The Morgan fingerprint density at radius 2 is 1.72 bits per heavy atom. The monoisotopic (exact) mass is 277 g/mol. The molecule has 0 heterocycles. The zero-order valence-corrected chi connectivity index (χ0v) is 13.2. The van der Waals surface area contributed by atoms with Gasteiger partial charge in [0.15, 0.2) is 0 Å². The average molecular weight is 277 g/mol. The smallest absolute Gasteiger partial charge is 0.335 e. The van der Waals surface area contributed by atoms with Crippen LogP contribution in [0.5, 0.6) is 0 Å². The molecule has 0 rings (SSSR count). The third kappa shape index (κ3) is 8.18. The van der Waals surface area contributed by atoms with Crippen molar-refractivity contribution in [3.05, 3.63) is 0 Å². The van der Waals surface area contributed by atoms with Crippen LogP contribution < -0.4 is 17.2 Å². The van der Waals surface area contributed by atoms with Gasteiger partial charge in [0.25, 0.3) is 0 Å². The SMILES string of the molecule is CCO[Si](C)(CCC(N)CCN)OC(C)CCN. The predicted molar refractivity (Wildman–Crippen MR) is 78.5 cm³/mol. The third-order valence-electron chi connectivity index (χ3n) is 2.98. The maximum Gasteiger partial charge on any atom is 0.335 e. The maximum absolute atomic E-state index is 6.10. The summed E-state index contributed by atoms with van der Waals surface area (Å²) in [6, 6.07) is 1.06. The van der Waals surface area contributed by atoms with Crippen LogP contribution in [0.15, 0.2) is 0 Å². The first-order valence-corrected chi connectivity index (χ1v) is 9.47. The van der Waals surface area contributed by atoms with E-state index in [1.165, 1.54) is 0 Å². The van der Waals surface area contributed by atoms with Gasteiger partial charge in [-0.15, -0.1) is 0 Å². The molecule has 0 aliphatic carbocycles. The van der Waals surface area contributed by atoms with Gasteiger partial charge in [-0.2, -0.15) is 0 Å². The Kier molecular flexibility index (Phi) is 9.89. The van der Waals surface area contributed by atoms with Gasteiger partial charge in [-0.3, -0.25) is 0 Å². The molecule has 0 aliphatic heterocycles. The first kappa shape index (κ1) is 18.0. The summed E-state index contributed by atoms with van der Waals surface area (Å²) in [4.78, 5) is 0. The van der Waals surface area contributed by atoms with Gasteiger partial charge in [-0.05, 0) is 58.8 Å². The third-order valence-corrected chi connectivity index (χ3v) is 5.98. The molecular formula is C12H31N3O2Si. The molecule has 18 heavy (non-hydrogen) atoms. The quantitative estimate of drug-likeness (QED) is 0.488. The first-order valence-electron chi connectivity index (χ1n) is 6.95. The standard InChI is InChI=1S/C12H31N3O2Si/c1-4-16-18(3,17-11(2)5-8-13)10-7-12(15)6-9-14/h11-12H,4-10,13-15H2,1-3H3. The molecule has 0 aromatic rings. The molecule has 3 unspecified atom stereocenters. The topological polar surface area (TPSA) is 96.5 Å². The maximum atomic E-state index is 6.10. The van der Waals surface area contributed by atoms with Crippen LogP contribution in [0.4, 0.5) is 0 Å². The molecule has 0 spiro atoms. The molecule has 0 bridgehead atoms. The van der Waals surface area contributed by atoms with Crippen molar-refractivity contribution in [1.29, 1.82) is 0 Å². The molecule has 0 fully saturated rings. The summed E-state index contributed by atoms with van der Waals surface area (Å²) in [5.41, 5.74) is 17.0. The Morgan fingerprint density at radius 3 is 2.22 bits per heavy atom. The van der Waals surface area contributed by atoms with Crippen LogP contribution in [0.25, 0.3) is 0 Å². The minimum Gasteiger partial charge on any atom is -0.395 e. The summed E-state index contributed by atoms with van der Waals surface area (Å²) in [6.07, 6.45) is 2.79. The molecule has 0 saturated carbocycles. The van der Waals surface area contributed by atoms with E-state index in [1.807, 2.05) is 6.92 Å². The van der Waals surface area contributed by atoms with Crippen molar-refractivity contribution in [2.75, 3.05) is 19.7 Å². The lowest BCUT2D eigenvalue weighted by atomic mass is 10.2. The van der Waals surface area contributed by atoms with E-state index in [4.69, 9.17) is 26.1 Å². The second-order valence-electron chi connectivity index (χ2n) is 4.95. The highest BCUT2D eigenvalue weighted by atomic mass is 28.4. The van der Waals surface area contributed by atoms with Gasteiger partial charge in [0.1, 0.15) is 0 Å². The molecule has 6 heteroatoms. The summed E-state index contributed by atoms with van der Waals surface area (Å²) in [6.45, 7) is 8.13. The van der Waals surface area contributed by atoms with Gasteiger partial charge in [0.05, 0.1) is 0 Å². The van der Waals surface area contributed by atoms with Gasteiger partial charge in [-0.1, -0.05) is 0 Å². The minimum absolute atomic E-state index is 0.149. The van der Waals surface area contributed by atoms with E-state index in [2.05, 4.69) is 13.5 Å². The number of nitrogens with two attached hydrogens (primary N) is 3. The fourth-order valence-corrected chi connectivity index (χ4v) is 4.80. The Labute approximate surface area is 113 Å². The van der Waals surface area contributed by atoms with E-state index in [9.17, 15) is 0 Å². The van der Waals surface area contributed by atoms with Crippen LogP contribution in [0, 0.1) is 0 Å². The highest BCUT2D eigenvalue weighted by molar-refractivity contribution is 6.66. The van der Waals surface area contributed by atoms with E-state index in [1.54, 1.807) is 0 Å². The van der Waals surface area contributed by atoms with Crippen LogP contribution in [0.2, 0.25) is 12.6 Å². The summed E-state index contributed by atoms with van der Waals surface area (Å²) in [5, 5.41) is 0. The number of hydrogen-bond donors (Lipinski definition) is 3. The fraction of sp³-hybridized carbons (Fsp3) is 1.00. The molecule has 3 atom stereocenters. The van der Waals surface area contributed by atoms with E-state index in [0.717, 1.165) is 25.3 Å². The van der Waals surface area contributed by atoms with Crippen molar-refractivity contribution in [3.8, 4) is 0 Å². The molecule has 0 radical (unpaired) electrons. The molecule has 0 saturated heterocycles. The van der Waals surface area contributed by atoms with E-state index >= 15 is 0 Å². The second-order valence-corrected chi connectivity index (χ2v) is 8.24. The van der Waals surface area contributed by atoms with Crippen LogP contribution in [-0.2, 0) is 8.85 Å². The van der Waals surface area contributed by atoms with Gasteiger partial charge in [-0.25, -0.2) is 0 Å². The molecular weight excluding hydrogens is 246 g/mol. The Bertz CT molecular complexity index is 210. The predicted octanol–water partition coefficient (Wildman–Crippen LogP) is 0.915. The normalized spacial score (nSPS) is 18.3. The molecule has 6 N–H and O–H groups in total. The highest BCUT2D eigenvalue weighted by Gasteiger charge is 2.33. The summed E-state index contributed by atoms with van der Waals surface area (Å²) in [7, 11) is -2.12. The molecule has 110 valence electrons. The van der Waals surface area contributed by atoms with E-state index < -0.39 is 8.56 Å². The van der Waals surface area contributed by atoms with Gasteiger partial charge < -0.3 is 26.1 Å². The van der Waals surface area contributed by atoms with Crippen molar-refractivity contribution in [2.45, 2.75) is 57.8 Å². The summed E-state index contributed by atoms with van der Waals surface area (Å²) in [5.74, 6) is 0. The van der Waals surface area contributed by atoms with Crippen molar-refractivity contribution < 1.29 is 8.85 Å². The summed E-state index contributed by atoms with van der Waals surface area (Å²) < 4.78 is 12.0. The molecule has 0 aromatic carbocycles. The van der Waals surface area contributed by atoms with Gasteiger partial charge in [0.2, 0.25) is 0 Å². The fourth-order valence-electron chi connectivity index (χ4n) is 2.00. The van der Waals surface area contributed by atoms with Crippen molar-refractivity contribution >= 4 is 8.56 Å². The molecule has 5 nitrogen and oxygen atoms in total. The second kappa shape index (κ2) is 9.88. The Balaban J connectivity index is 4.23.